The summed E-state index contributed by atoms with van der Waals surface area (Å²) in [5, 5.41) is 0. The van der Waals surface area contributed by atoms with Gasteiger partial charge in [-0.2, -0.15) is 0 Å². The van der Waals surface area contributed by atoms with E-state index in [1.54, 1.807) is 0 Å². The maximum atomic E-state index is 14.2. The summed E-state index contributed by atoms with van der Waals surface area (Å²) < 4.78 is 12.1. The lowest BCUT2D eigenvalue weighted by atomic mass is 9.65. The first-order chi connectivity index (χ1) is 13.3. The zero-order valence-electron chi connectivity index (χ0n) is 19.1. The van der Waals surface area contributed by atoms with Gasteiger partial charge in [-0.1, -0.05) is 41.5 Å². The maximum absolute atomic E-state index is 14.2. The largest absolute Gasteiger partial charge is 0.468 e. The van der Waals surface area contributed by atoms with E-state index in [0.717, 1.165) is 37.2 Å². The van der Waals surface area contributed by atoms with Crippen LogP contribution in [-0.2, 0) is 41.3 Å². The van der Waals surface area contributed by atoms with Crippen LogP contribution in [0.4, 0.5) is 0 Å². The van der Waals surface area contributed by atoms with Crippen LogP contribution in [0.25, 0.3) is 0 Å². The summed E-state index contributed by atoms with van der Waals surface area (Å²) in [6, 6.07) is 0. The van der Waals surface area contributed by atoms with Gasteiger partial charge in [-0.3, -0.25) is 4.79 Å². The van der Waals surface area contributed by atoms with Gasteiger partial charge in [0.2, 0.25) is 0 Å². The molecule has 0 saturated carbocycles. The molecule has 0 aliphatic heterocycles. The van der Waals surface area contributed by atoms with E-state index in [4.69, 9.17) is 8.83 Å². The molecule has 0 saturated heterocycles. The predicted molar refractivity (Wildman–Crippen MR) is 115 cm³/mol. The zero-order valence-corrected chi connectivity index (χ0v) is 19.1. The first-order valence-electron chi connectivity index (χ1n) is 11.0. The van der Waals surface area contributed by atoms with Gasteiger partial charge in [0.25, 0.3) is 0 Å². The Labute approximate surface area is 170 Å². The Morgan fingerprint density at radius 2 is 1.07 bits per heavy atom. The first kappa shape index (κ1) is 22.5. The number of rotatable bonds is 10. The van der Waals surface area contributed by atoms with Crippen molar-refractivity contribution in [3.8, 4) is 0 Å². The molecule has 2 heterocycles. The molecule has 28 heavy (non-hydrogen) atoms. The normalized spacial score (nSPS) is 16.0. The quantitative estimate of drug-likeness (QED) is 0.455. The fourth-order valence-corrected chi connectivity index (χ4v) is 4.59. The molecule has 0 amide bonds. The Morgan fingerprint density at radius 3 is 1.32 bits per heavy atom. The van der Waals surface area contributed by atoms with Crippen molar-refractivity contribution in [2.75, 3.05) is 0 Å². The van der Waals surface area contributed by atoms with Crippen molar-refractivity contribution in [3.63, 3.8) is 0 Å². The SMILES string of the molecule is CCc1coc(C(C)(CC)C(=O)C(C)(CC)c2occ(CC)c2CC)c1CC. The molecule has 156 valence electrons. The number of hydrogen-bond donors (Lipinski definition) is 0. The lowest BCUT2D eigenvalue weighted by molar-refractivity contribution is -0.131. The van der Waals surface area contributed by atoms with E-state index in [1.165, 1.54) is 22.3 Å². The molecule has 0 aliphatic carbocycles. The van der Waals surface area contributed by atoms with Crippen LogP contribution in [-0.4, -0.2) is 5.78 Å². The molecule has 2 unspecified atom stereocenters. The predicted octanol–water partition coefficient (Wildman–Crippen LogP) is 6.73. The third-order valence-electron chi connectivity index (χ3n) is 6.85. The molecule has 2 rings (SSSR count). The van der Waals surface area contributed by atoms with E-state index < -0.39 is 10.8 Å². The van der Waals surface area contributed by atoms with Crippen molar-refractivity contribution in [2.45, 2.75) is 105 Å². The summed E-state index contributed by atoms with van der Waals surface area (Å²) in [6.07, 6.45) is 8.69. The van der Waals surface area contributed by atoms with Crippen molar-refractivity contribution < 1.29 is 13.6 Å². The molecule has 0 radical (unpaired) electrons. The number of furan rings is 2. The van der Waals surface area contributed by atoms with Gasteiger partial charge in [-0.15, -0.1) is 0 Å². The average molecular weight is 387 g/mol. The number of Topliss-reactive ketones (excluding diaryl/α,β-unsaturated/α-hetero) is 1. The summed E-state index contributed by atoms with van der Waals surface area (Å²) in [4.78, 5) is 14.2. The molecule has 2 aromatic rings. The fraction of sp³-hybridized carbons (Fsp3) is 0.640. The second-order valence-corrected chi connectivity index (χ2v) is 8.25. The fourth-order valence-electron chi connectivity index (χ4n) is 4.59. The summed E-state index contributed by atoms with van der Waals surface area (Å²) >= 11 is 0. The molecule has 0 fully saturated rings. The Balaban J connectivity index is 2.64. The Morgan fingerprint density at radius 1 is 0.714 bits per heavy atom. The molecule has 0 N–H and O–H groups in total. The van der Waals surface area contributed by atoms with Gasteiger partial charge < -0.3 is 8.83 Å². The molecule has 3 heteroatoms. The second-order valence-electron chi connectivity index (χ2n) is 8.25. The molecule has 0 bridgehead atoms. The zero-order chi connectivity index (χ0) is 21.1. The smallest absolute Gasteiger partial charge is 0.159 e. The number of carbonyl (C=O) groups is 1. The van der Waals surface area contributed by atoms with Crippen molar-refractivity contribution in [1.82, 2.24) is 0 Å². The third-order valence-corrected chi connectivity index (χ3v) is 6.85. The van der Waals surface area contributed by atoms with E-state index in [2.05, 4.69) is 55.4 Å². The Kier molecular flexibility index (Phi) is 7.01. The Bertz CT molecular complexity index is 744. The lowest BCUT2D eigenvalue weighted by Gasteiger charge is -2.36. The van der Waals surface area contributed by atoms with Crippen LogP contribution < -0.4 is 0 Å². The summed E-state index contributed by atoms with van der Waals surface area (Å²) in [6.45, 7) is 16.8. The lowest BCUT2D eigenvalue weighted by Crippen LogP contribution is -2.46. The van der Waals surface area contributed by atoms with Crippen LogP contribution in [0, 0.1) is 0 Å². The van der Waals surface area contributed by atoms with Crippen LogP contribution >= 0.6 is 0 Å². The molecular weight excluding hydrogens is 348 g/mol. The van der Waals surface area contributed by atoms with Crippen LogP contribution in [0.1, 0.15) is 102 Å². The molecular formula is C25H38O3. The van der Waals surface area contributed by atoms with Crippen molar-refractivity contribution in [2.24, 2.45) is 0 Å². The van der Waals surface area contributed by atoms with Crippen LogP contribution in [0.2, 0.25) is 0 Å². The second kappa shape index (κ2) is 8.71. The minimum Gasteiger partial charge on any atom is -0.468 e. The molecule has 2 atom stereocenters. The molecule has 0 aliphatic rings. The maximum Gasteiger partial charge on any atom is 0.159 e. The molecule has 0 spiro atoms. The van der Waals surface area contributed by atoms with E-state index in [9.17, 15) is 4.79 Å². The highest BCUT2D eigenvalue weighted by molar-refractivity contribution is 5.98. The van der Waals surface area contributed by atoms with Gasteiger partial charge in [0, 0.05) is 0 Å². The minimum absolute atomic E-state index is 0.198. The van der Waals surface area contributed by atoms with Crippen molar-refractivity contribution in [1.29, 1.82) is 0 Å². The van der Waals surface area contributed by atoms with E-state index in [1.807, 2.05) is 12.5 Å². The van der Waals surface area contributed by atoms with E-state index in [0.29, 0.717) is 12.8 Å². The van der Waals surface area contributed by atoms with E-state index >= 15 is 0 Å². The van der Waals surface area contributed by atoms with Crippen molar-refractivity contribution in [3.05, 3.63) is 46.3 Å². The standard InChI is InChI=1S/C25H38O3/c1-9-17-15-27-21(19(17)11-3)24(7,13-5)23(26)25(8,14-6)22-20(12-4)18(10-2)16-28-22/h15-16H,9-14H2,1-8H3. The number of ketones is 1. The van der Waals surface area contributed by atoms with Crippen molar-refractivity contribution >= 4 is 5.78 Å². The van der Waals surface area contributed by atoms with Crippen LogP contribution in [0.5, 0.6) is 0 Å². The number of hydrogen-bond acceptors (Lipinski definition) is 3. The third kappa shape index (κ3) is 3.38. The highest BCUT2D eigenvalue weighted by atomic mass is 16.3. The van der Waals surface area contributed by atoms with Crippen LogP contribution in [0.3, 0.4) is 0 Å². The minimum atomic E-state index is -0.673. The van der Waals surface area contributed by atoms with Gasteiger partial charge in [0.1, 0.15) is 11.5 Å². The highest BCUT2D eigenvalue weighted by Crippen LogP contribution is 2.44. The van der Waals surface area contributed by atoms with Gasteiger partial charge in [0.05, 0.1) is 23.4 Å². The number of aryl methyl sites for hydroxylation is 2. The first-order valence-corrected chi connectivity index (χ1v) is 11.0. The molecule has 3 nitrogen and oxygen atoms in total. The highest BCUT2D eigenvalue weighted by Gasteiger charge is 2.50. The molecule has 0 aromatic carbocycles. The van der Waals surface area contributed by atoms with Gasteiger partial charge in [-0.05, 0) is 74.6 Å². The van der Waals surface area contributed by atoms with Crippen LogP contribution in [0.15, 0.2) is 21.4 Å². The topological polar surface area (TPSA) is 43.4 Å². The van der Waals surface area contributed by atoms with E-state index in [-0.39, 0.29) is 5.78 Å². The Hall–Kier alpha value is -1.77. The van der Waals surface area contributed by atoms with Gasteiger partial charge in [0.15, 0.2) is 5.78 Å². The van der Waals surface area contributed by atoms with Gasteiger partial charge >= 0.3 is 0 Å². The number of carbonyl (C=O) groups excluding carboxylic acids is 1. The average Bonchev–Trinajstić information content (AvgIpc) is 3.35. The summed E-state index contributed by atoms with van der Waals surface area (Å²) in [7, 11) is 0. The summed E-state index contributed by atoms with van der Waals surface area (Å²) in [5.74, 6) is 1.89. The monoisotopic (exact) mass is 386 g/mol. The molecule has 2 aromatic heterocycles. The summed E-state index contributed by atoms with van der Waals surface area (Å²) in [5.41, 5.74) is 3.47. The van der Waals surface area contributed by atoms with Gasteiger partial charge in [-0.25, -0.2) is 0 Å².